The van der Waals surface area contributed by atoms with E-state index in [2.05, 4.69) is 9.71 Å². The number of Topliss-reactive ketones (excluding diaryl/α,β-unsaturated/α-hetero) is 1. The third-order valence-corrected chi connectivity index (χ3v) is 3.14. The molecule has 7 heteroatoms. The summed E-state index contributed by atoms with van der Waals surface area (Å²) >= 11 is 0. The van der Waals surface area contributed by atoms with E-state index >= 15 is 0 Å². The van der Waals surface area contributed by atoms with Crippen LogP contribution in [0.15, 0.2) is 11.2 Å². The van der Waals surface area contributed by atoms with Gasteiger partial charge in [0.15, 0.2) is 5.03 Å². The van der Waals surface area contributed by atoms with Crippen LogP contribution in [0.4, 0.5) is 0 Å². The van der Waals surface area contributed by atoms with Crippen molar-refractivity contribution in [2.75, 3.05) is 6.54 Å². The number of nitrogens with zero attached hydrogens (tertiary/aromatic N) is 2. The van der Waals surface area contributed by atoms with Crippen molar-refractivity contribution in [2.45, 2.75) is 18.9 Å². The lowest BCUT2D eigenvalue weighted by atomic mass is 10.5. The Kier molecular flexibility index (Phi) is 3.25. The van der Waals surface area contributed by atoms with Gasteiger partial charge < -0.3 is 4.57 Å². The highest BCUT2D eigenvalue weighted by Gasteiger charge is 2.18. The fraction of sp³-hybridized carbons (Fsp3) is 0.500. The first kappa shape index (κ1) is 11.9. The zero-order valence-electron chi connectivity index (χ0n) is 8.81. The summed E-state index contributed by atoms with van der Waals surface area (Å²) in [5, 5.41) is -0.0660. The maximum atomic E-state index is 11.6. The SMILES string of the molecule is CC(=O)CNS(=O)(=O)c1cn(C)c(C)n1. The number of ketones is 1. The summed E-state index contributed by atoms with van der Waals surface area (Å²) in [7, 11) is -1.96. The number of sulfonamides is 1. The minimum Gasteiger partial charge on any atom is -0.337 e. The van der Waals surface area contributed by atoms with Crippen molar-refractivity contribution in [2.24, 2.45) is 7.05 Å². The molecular weight excluding hydrogens is 218 g/mol. The largest absolute Gasteiger partial charge is 0.337 e. The van der Waals surface area contributed by atoms with Crippen LogP contribution in [-0.4, -0.2) is 30.3 Å². The highest BCUT2D eigenvalue weighted by Crippen LogP contribution is 2.06. The van der Waals surface area contributed by atoms with Gasteiger partial charge in [-0.2, -0.15) is 0 Å². The van der Waals surface area contributed by atoms with Crippen LogP contribution in [0.2, 0.25) is 0 Å². The van der Waals surface area contributed by atoms with Crippen LogP contribution in [0.3, 0.4) is 0 Å². The van der Waals surface area contributed by atoms with Gasteiger partial charge in [0, 0.05) is 13.2 Å². The molecule has 15 heavy (non-hydrogen) atoms. The topological polar surface area (TPSA) is 81.1 Å². The summed E-state index contributed by atoms with van der Waals surface area (Å²) in [6.45, 7) is 2.80. The molecule has 0 spiro atoms. The van der Waals surface area contributed by atoms with Crippen LogP contribution in [0.25, 0.3) is 0 Å². The van der Waals surface area contributed by atoms with Gasteiger partial charge in [0.1, 0.15) is 11.6 Å². The highest BCUT2D eigenvalue weighted by molar-refractivity contribution is 7.89. The van der Waals surface area contributed by atoms with Crippen LogP contribution in [-0.2, 0) is 21.9 Å². The molecule has 0 aliphatic rings. The molecule has 0 saturated heterocycles. The van der Waals surface area contributed by atoms with Crippen molar-refractivity contribution in [3.05, 3.63) is 12.0 Å². The summed E-state index contributed by atoms with van der Waals surface area (Å²) in [4.78, 5) is 14.5. The number of nitrogens with one attached hydrogen (secondary N) is 1. The van der Waals surface area contributed by atoms with Crippen molar-refractivity contribution >= 4 is 15.8 Å². The van der Waals surface area contributed by atoms with Gasteiger partial charge in [-0.3, -0.25) is 4.79 Å². The van der Waals surface area contributed by atoms with Crippen LogP contribution in [0.1, 0.15) is 12.7 Å². The summed E-state index contributed by atoms with van der Waals surface area (Å²) in [5.74, 6) is 0.351. The number of aryl methyl sites for hydroxylation is 2. The first-order valence-corrected chi connectivity index (χ1v) is 5.80. The molecule has 0 radical (unpaired) electrons. The smallest absolute Gasteiger partial charge is 0.259 e. The van der Waals surface area contributed by atoms with Crippen LogP contribution in [0.5, 0.6) is 0 Å². The number of hydrogen-bond donors (Lipinski definition) is 1. The van der Waals surface area contributed by atoms with Crippen LogP contribution < -0.4 is 4.72 Å². The minimum absolute atomic E-state index is 0.0660. The average Bonchev–Trinajstić information content (AvgIpc) is 2.45. The Morgan fingerprint density at radius 3 is 2.60 bits per heavy atom. The molecule has 84 valence electrons. The lowest BCUT2D eigenvalue weighted by Crippen LogP contribution is -2.28. The van der Waals surface area contributed by atoms with Gasteiger partial charge in [0.05, 0.1) is 6.54 Å². The van der Waals surface area contributed by atoms with Gasteiger partial charge in [-0.25, -0.2) is 18.1 Å². The lowest BCUT2D eigenvalue weighted by Gasteiger charge is -2.00. The van der Waals surface area contributed by atoms with E-state index in [-0.39, 0.29) is 17.4 Å². The molecule has 0 aliphatic heterocycles. The van der Waals surface area contributed by atoms with Gasteiger partial charge in [-0.15, -0.1) is 0 Å². The van der Waals surface area contributed by atoms with Gasteiger partial charge in [-0.05, 0) is 13.8 Å². The highest BCUT2D eigenvalue weighted by atomic mass is 32.2. The van der Waals surface area contributed by atoms with Crippen LogP contribution in [0, 0.1) is 6.92 Å². The van der Waals surface area contributed by atoms with Gasteiger partial charge in [-0.1, -0.05) is 0 Å². The molecule has 0 saturated carbocycles. The normalized spacial score (nSPS) is 11.7. The van der Waals surface area contributed by atoms with Gasteiger partial charge >= 0.3 is 0 Å². The van der Waals surface area contributed by atoms with E-state index in [9.17, 15) is 13.2 Å². The maximum Gasteiger partial charge on any atom is 0.259 e. The van der Waals surface area contributed by atoms with Gasteiger partial charge in [0.2, 0.25) is 0 Å². The predicted molar refractivity (Wildman–Crippen MR) is 53.8 cm³/mol. The zero-order valence-corrected chi connectivity index (χ0v) is 9.63. The Morgan fingerprint density at radius 1 is 1.60 bits per heavy atom. The lowest BCUT2D eigenvalue weighted by molar-refractivity contribution is -0.115. The van der Waals surface area contributed by atoms with E-state index < -0.39 is 10.0 Å². The first-order valence-electron chi connectivity index (χ1n) is 4.32. The van der Waals surface area contributed by atoms with E-state index in [1.54, 1.807) is 18.5 Å². The summed E-state index contributed by atoms with van der Waals surface area (Å²) in [6.07, 6.45) is 1.40. The molecule has 0 amide bonds. The Labute approximate surface area is 88.4 Å². The molecule has 1 aromatic rings. The second kappa shape index (κ2) is 4.11. The third kappa shape index (κ3) is 2.87. The Morgan fingerprint density at radius 2 is 2.20 bits per heavy atom. The molecule has 0 atom stereocenters. The number of aromatic nitrogens is 2. The molecule has 0 aromatic carbocycles. The fourth-order valence-electron chi connectivity index (χ4n) is 0.926. The molecule has 0 bridgehead atoms. The molecule has 0 unspecified atom stereocenters. The van der Waals surface area contributed by atoms with Crippen molar-refractivity contribution in [1.82, 2.24) is 14.3 Å². The molecule has 1 N–H and O–H groups in total. The van der Waals surface area contributed by atoms with Crippen LogP contribution >= 0.6 is 0 Å². The quantitative estimate of drug-likeness (QED) is 0.764. The number of carbonyl (C=O) groups excluding carboxylic acids is 1. The van der Waals surface area contributed by atoms with E-state index in [1.165, 1.54) is 13.1 Å². The van der Waals surface area contributed by atoms with E-state index in [4.69, 9.17) is 0 Å². The summed E-state index contributed by atoms with van der Waals surface area (Å²) in [5.41, 5.74) is 0. The Bertz CT molecular complexity index is 456. The molecule has 1 rings (SSSR count). The summed E-state index contributed by atoms with van der Waals surface area (Å²) in [6, 6.07) is 0. The number of imidazole rings is 1. The maximum absolute atomic E-state index is 11.6. The van der Waals surface area contributed by atoms with Crippen molar-refractivity contribution < 1.29 is 13.2 Å². The average molecular weight is 231 g/mol. The number of hydrogen-bond acceptors (Lipinski definition) is 4. The van der Waals surface area contributed by atoms with E-state index in [0.717, 1.165) is 0 Å². The van der Waals surface area contributed by atoms with Gasteiger partial charge in [0.25, 0.3) is 10.0 Å². The van der Waals surface area contributed by atoms with Crippen molar-refractivity contribution in [3.63, 3.8) is 0 Å². The number of rotatable bonds is 4. The molecular formula is C8H13N3O3S. The van der Waals surface area contributed by atoms with Crippen molar-refractivity contribution in [3.8, 4) is 0 Å². The van der Waals surface area contributed by atoms with Crippen molar-refractivity contribution in [1.29, 1.82) is 0 Å². The minimum atomic E-state index is -3.66. The summed E-state index contributed by atoms with van der Waals surface area (Å²) < 4.78 is 26.9. The van der Waals surface area contributed by atoms with E-state index in [1.807, 2.05) is 0 Å². The molecule has 1 heterocycles. The third-order valence-electron chi connectivity index (χ3n) is 1.87. The monoisotopic (exact) mass is 231 g/mol. The fourth-order valence-corrected chi connectivity index (χ4v) is 2.02. The molecule has 1 aromatic heterocycles. The number of carbonyl (C=O) groups is 1. The van der Waals surface area contributed by atoms with E-state index in [0.29, 0.717) is 5.82 Å². The standard InChI is InChI=1S/C8H13N3O3S/c1-6(12)4-9-15(13,14)8-5-11(3)7(2)10-8/h5,9H,4H2,1-3H3. The Hall–Kier alpha value is -1.21. The second-order valence-electron chi connectivity index (χ2n) is 3.26. The Balaban J connectivity index is 2.91. The zero-order chi connectivity index (χ0) is 11.6. The first-order chi connectivity index (χ1) is 6.83. The molecule has 0 fully saturated rings. The predicted octanol–water partition coefficient (Wildman–Crippen LogP) is -0.404. The second-order valence-corrected chi connectivity index (χ2v) is 4.98. The molecule has 6 nitrogen and oxygen atoms in total. The molecule has 0 aliphatic carbocycles.